The number of likely N-dealkylation sites (N-methyl/N-ethyl adjacent to an activating group) is 1. The quantitative estimate of drug-likeness (QED) is 0.132. The van der Waals surface area contributed by atoms with Gasteiger partial charge in [-0.2, -0.15) is 0 Å². The summed E-state index contributed by atoms with van der Waals surface area (Å²) in [6, 6.07) is 8.67. The number of methoxy groups -OCH3 is 1. The Labute approximate surface area is 339 Å². The molecule has 57 heavy (non-hydrogen) atoms. The number of pyridine rings is 1. The smallest absolute Gasteiger partial charge is 0.324 e. The zero-order valence-corrected chi connectivity index (χ0v) is 35.2. The minimum atomic E-state index is -1.09. The number of aromatic nitrogens is 3. The number of fused-ring (bicyclic) bond motifs is 6. The molecule has 2 amide bonds. The molecule has 7 rings (SSSR count). The van der Waals surface area contributed by atoms with Crippen molar-refractivity contribution in [3.8, 4) is 22.5 Å². The molecule has 5 heterocycles. The van der Waals surface area contributed by atoms with Crippen molar-refractivity contribution in [2.75, 3.05) is 40.5 Å². The lowest BCUT2D eigenvalue weighted by Crippen LogP contribution is -2.61. The first-order valence-electron chi connectivity index (χ1n) is 20.3. The number of benzene rings is 1. The van der Waals surface area contributed by atoms with Crippen LogP contribution < -0.4 is 16.1 Å². The summed E-state index contributed by atoms with van der Waals surface area (Å²) in [6.45, 7) is 14.5. The summed E-state index contributed by atoms with van der Waals surface area (Å²) < 4.78 is 20.7. The molecule has 1 saturated carbocycles. The van der Waals surface area contributed by atoms with Crippen LogP contribution in [0.2, 0.25) is 0 Å². The fraction of sp³-hybridized carbons (Fsp3) is 0.558. The maximum absolute atomic E-state index is 14.6. The van der Waals surface area contributed by atoms with Crippen molar-refractivity contribution in [1.29, 1.82) is 0 Å². The normalized spacial score (nSPS) is 25.5. The Bertz CT molecular complexity index is 2110. The largest absolute Gasteiger partial charge is 0.464 e. The predicted molar refractivity (Wildman–Crippen MR) is 220 cm³/mol. The standard InChI is InChI=1S/C43H57N7O6S/c1-9-49-33-15-14-27-20-29(33)30(37(49)28-12-10-16-45-35(28)26(4)54-8)21-43(5,6)23-56-42(53)31-13-11-18-50(48-31)41(52)36(47-39(51)34-24(2)25(34)3)38(55-19-17-44-7)40-46-32(27)22-57-40/h10,12,14-16,20,22,24-26,31,34,36,38,44,48H,9,11,13,17-19,21,23H2,1-8H3,(H,47,51)/t24-,25+,26-,31-,34+,36-,38-/m0/s1. The number of carbonyl (C=O) groups is 3. The Balaban J connectivity index is 1.40. The summed E-state index contributed by atoms with van der Waals surface area (Å²) >= 11 is 1.41. The van der Waals surface area contributed by atoms with Gasteiger partial charge in [-0.15, -0.1) is 11.3 Å². The Hall–Kier alpha value is -4.21. The third kappa shape index (κ3) is 8.24. The number of hydrogen-bond acceptors (Lipinski definition) is 11. The Morgan fingerprint density at radius 1 is 1.19 bits per heavy atom. The van der Waals surface area contributed by atoms with Crippen LogP contribution in [-0.4, -0.2) is 89.9 Å². The maximum atomic E-state index is 14.6. The molecule has 0 spiro atoms. The average Bonchev–Trinajstić information content (AvgIpc) is 3.50. The number of ether oxygens (including phenoxy) is 3. The van der Waals surface area contributed by atoms with E-state index in [9.17, 15) is 14.4 Å². The van der Waals surface area contributed by atoms with Gasteiger partial charge in [0.25, 0.3) is 5.91 Å². The molecule has 2 aliphatic heterocycles. The summed E-state index contributed by atoms with van der Waals surface area (Å²) in [7, 11) is 3.53. The summed E-state index contributed by atoms with van der Waals surface area (Å²) in [6.07, 6.45) is 2.37. The van der Waals surface area contributed by atoms with Crippen LogP contribution in [-0.2, 0) is 41.6 Å². The summed E-state index contributed by atoms with van der Waals surface area (Å²) in [4.78, 5) is 52.2. The molecule has 13 nitrogen and oxygen atoms in total. The monoisotopic (exact) mass is 799 g/mol. The number of amides is 2. The van der Waals surface area contributed by atoms with Crippen molar-refractivity contribution in [1.82, 2.24) is 35.6 Å². The molecule has 306 valence electrons. The van der Waals surface area contributed by atoms with Crippen molar-refractivity contribution in [3.63, 3.8) is 0 Å². The van der Waals surface area contributed by atoms with Gasteiger partial charge in [0.05, 0.1) is 36.4 Å². The van der Waals surface area contributed by atoms with Crippen LogP contribution in [0.3, 0.4) is 0 Å². The van der Waals surface area contributed by atoms with Crippen molar-refractivity contribution in [2.45, 2.75) is 91.6 Å². The van der Waals surface area contributed by atoms with Crippen LogP contribution in [0, 0.1) is 23.2 Å². The molecular weight excluding hydrogens is 743 g/mol. The van der Waals surface area contributed by atoms with Gasteiger partial charge in [0.1, 0.15) is 23.2 Å². The molecule has 6 bridgehead atoms. The van der Waals surface area contributed by atoms with Crippen LogP contribution in [0.25, 0.3) is 33.4 Å². The number of aryl methyl sites for hydroxylation is 1. The molecule has 1 aromatic carbocycles. The highest BCUT2D eigenvalue weighted by Crippen LogP contribution is 2.46. The number of rotatable bonds is 10. The fourth-order valence-corrected chi connectivity index (χ4v) is 9.35. The summed E-state index contributed by atoms with van der Waals surface area (Å²) in [5, 5.41) is 11.3. The summed E-state index contributed by atoms with van der Waals surface area (Å²) in [5.74, 6) is -0.764. The van der Waals surface area contributed by atoms with E-state index in [0.717, 1.165) is 44.7 Å². The SMILES string of the molecule is CCn1c(-c2cccnc2[C@H](C)OC)c2c3cc(ccc31)-c1csc(n1)[C@@H](OCCNC)[C@H](NC(=O)[C@H]1[C@H](C)[C@@H]1C)C(=O)N1CCC[C@H](N1)C(=O)OCC(C)(C)C2. The van der Waals surface area contributed by atoms with Crippen LogP contribution in [0.1, 0.15) is 82.9 Å². The van der Waals surface area contributed by atoms with Gasteiger partial charge in [-0.05, 0) is 81.8 Å². The number of thiazole rings is 1. The van der Waals surface area contributed by atoms with E-state index in [2.05, 4.69) is 65.7 Å². The topological polar surface area (TPSA) is 149 Å². The number of hydrazine groups is 1. The van der Waals surface area contributed by atoms with Crippen molar-refractivity contribution < 1.29 is 28.6 Å². The Kier molecular flexibility index (Phi) is 12.2. The molecular formula is C43H57N7O6S. The van der Waals surface area contributed by atoms with Crippen LogP contribution >= 0.6 is 11.3 Å². The third-order valence-electron chi connectivity index (χ3n) is 12.0. The second kappa shape index (κ2) is 16.9. The van der Waals surface area contributed by atoms with Crippen molar-refractivity contribution in [2.24, 2.45) is 23.2 Å². The molecule has 3 aliphatic rings. The molecule has 0 radical (unpaired) electrons. The number of carbonyl (C=O) groups excluding carboxylic acids is 3. The highest BCUT2D eigenvalue weighted by atomic mass is 32.1. The van der Waals surface area contributed by atoms with Gasteiger partial charge in [0.2, 0.25) is 5.91 Å². The van der Waals surface area contributed by atoms with Gasteiger partial charge >= 0.3 is 5.97 Å². The van der Waals surface area contributed by atoms with Crippen LogP contribution in [0.4, 0.5) is 0 Å². The first-order chi connectivity index (χ1) is 27.4. The van der Waals surface area contributed by atoms with E-state index in [1.54, 1.807) is 13.3 Å². The minimum absolute atomic E-state index is 0.164. The van der Waals surface area contributed by atoms with Gasteiger partial charge < -0.3 is 29.4 Å². The lowest BCUT2D eigenvalue weighted by Gasteiger charge is -2.37. The molecule has 4 aromatic rings. The molecule has 2 fully saturated rings. The van der Waals surface area contributed by atoms with Gasteiger partial charge in [-0.1, -0.05) is 33.8 Å². The number of nitrogens with zero attached hydrogens (tertiary/aromatic N) is 4. The lowest BCUT2D eigenvalue weighted by atomic mass is 9.84. The van der Waals surface area contributed by atoms with E-state index in [-0.39, 0.29) is 48.9 Å². The molecule has 0 unspecified atom stereocenters. The van der Waals surface area contributed by atoms with Crippen LogP contribution in [0.15, 0.2) is 41.9 Å². The molecule has 1 saturated heterocycles. The Morgan fingerprint density at radius 2 is 1.98 bits per heavy atom. The van der Waals surface area contributed by atoms with E-state index in [1.807, 2.05) is 39.3 Å². The predicted octanol–water partition coefficient (Wildman–Crippen LogP) is 5.84. The van der Waals surface area contributed by atoms with Gasteiger partial charge in [0.15, 0.2) is 0 Å². The maximum Gasteiger partial charge on any atom is 0.324 e. The Morgan fingerprint density at radius 3 is 2.70 bits per heavy atom. The van der Waals surface area contributed by atoms with Crippen molar-refractivity contribution in [3.05, 3.63) is 58.2 Å². The van der Waals surface area contributed by atoms with E-state index in [1.165, 1.54) is 16.3 Å². The van der Waals surface area contributed by atoms with Gasteiger partial charge in [-0.25, -0.2) is 10.4 Å². The second-order valence-electron chi connectivity index (χ2n) is 16.6. The first kappa shape index (κ1) is 41.0. The molecule has 3 N–H and O–H groups in total. The first-order valence-corrected chi connectivity index (χ1v) is 21.1. The van der Waals surface area contributed by atoms with Gasteiger partial charge in [0, 0.05) is 71.7 Å². The van der Waals surface area contributed by atoms with Gasteiger partial charge in [-0.3, -0.25) is 24.4 Å². The van der Waals surface area contributed by atoms with E-state index >= 15 is 0 Å². The van der Waals surface area contributed by atoms with Crippen molar-refractivity contribution >= 4 is 40.0 Å². The third-order valence-corrected chi connectivity index (χ3v) is 12.9. The lowest BCUT2D eigenvalue weighted by molar-refractivity contribution is -0.156. The zero-order chi connectivity index (χ0) is 40.6. The van der Waals surface area contributed by atoms with Crippen LogP contribution in [0.5, 0.6) is 0 Å². The van der Waals surface area contributed by atoms with E-state index in [0.29, 0.717) is 43.9 Å². The molecule has 3 aromatic heterocycles. The second-order valence-corrected chi connectivity index (χ2v) is 17.5. The number of esters is 1. The molecule has 14 heteroatoms. The highest BCUT2D eigenvalue weighted by molar-refractivity contribution is 7.10. The summed E-state index contributed by atoms with van der Waals surface area (Å²) in [5.41, 5.74) is 9.45. The average molecular weight is 800 g/mol. The molecule has 7 atom stereocenters. The fourth-order valence-electron chi connectivity index (χ4n) is 8.44. The number of nitrogens with one attached hydrogen (secondary N) is 3. The highest BCUT2D eigenvalue weighted by Gasteiger charge is 2.50. The van der Waals surface area contributed by atoms with E-state index in [4.69, 9.17) is 24.2 Å². The number of hydrogen-bond donors (Lipinski definition) is 3. The minimum Gasteiger partial charge on any atom is -0.464 e. The number of cyclic esters (lactones) is 1. The zero-order valence-electron chi connectivity index (χ0n) is 34.4. The molecule has 1 aliphatic carbocycles. The van der Waals surface area contributed by atoms with E-state index < -0.39 is 29.6 Å².